The van der Waals surface area contributed by atoms with Crippen LogP contribution in [0.1, 0.15) is 33.1 Å². The Hall–Kier alpha value is -0.600. The van der Waals surface area contributed by atoms with Crippen molar-refractivity contribution in [1.29, 1.82) is 0 Å². The number of hydrogen-bond acceptors (Lipinski definition) is 2. The zero-order chi connectivity index (χ0) is 12.7. The SMILES string of the molecule is C\C=C/N=C(/C(Cl)=C/CC)C1CCN(C)CC1. The minimum Gasteiger partial charge on any atom is -0.306 e. The fourth-order valence-corrected chi connectivity index (χ4v) is 2.44. The Kier molecular flexibility index (Phi) is 6.53. The number of aliphatic imine (C=N–C) groups is 1. The zero-order valence-corrected chi connectivity index (χ0v) is 11.9. The van der Waals surface area contributed by atoms with Gasteiger partial charge in [0.25, 0.3) is 0 Å². The van der Waals surface area contributed by atoms with Crippen molar-refractivity contribution in [3.05, 3.63) is 23.4 Å². The largest absolute Gasteiger partial charge is 0.306 e. The van der Waals surface area contributed by atoms with Crippen molar-refractivity contribution in [1.82, 2.24) is 4.90 Å². The fourth-order valence-electron chi connectivity index (χ4n) is 2.08. The lowest BCUT2D eigenvalue weighted by Crippen LogP contribution is -2.33. The molecule has 0 amide bonds. The number of nitrogens with zero attached hydrogens (tertiary/aromatic N) is 2. The molecule has 0 N–H and O–H groups in total. The van der Waals surface area contributed by atoms with Crippen LogP contribution in [0.15, 0.2) is 28.4 Å². The van der Waals surface area contributed by atoms with Crippen LogP contribution in [0.3, 0.4) is 0 Å². The van der Waals surface area contributed by atoms with E-state index in [0.29, 0.717) is 5.92 Å². The topological polar surface area (TPSA) is 15.6 Å². The van der Waals surface area contributed by atoms with E-state index in [1.807, 2.05) is 19.2 Å². The van der Waals surface area contributed by atoms with Crippen LogP contribution in [0.4, 0.5) is 0 Å². The molecule has 1 fully saturated rings. The van der Waals surface area contributed by atoms with Gasteiger partial charge in [-0.1, -0.05) is 30.7 Å². The van der Waals surface area contributed by atoms with Crippen LogP contribution in [-0.4, -0.2) is 30.7 Å². The van der Waals surface area contributed by atoms with Gasteiger partial charge in [0.05, 0.1) is 10.7 Å². The van der Waals surface area contributed by atoms with Crippen LogP contribution in [0.25, 0.3) is 0 Å². The molecule has 0 radical (unpaired) electrons. The van der Waals surface area contributed by atoms with E-state index in [0.717, 1.165) is 43.1 Å². The summed E-state index contributed by atoms with van der Waals surface area (Å²) in [4.78, 5) is 6.89. The van der Waals surface area contributed by atoms with Crippen LogP contribution in [0, 0.1) is 5.92 Å². The molecule has 0 aromatic rings. The quantitative estimate of drug-likeness (QED) is 0.696. The highest BCUT2D eigenvalue weighted by molar-refractivity contribution is 6.43. The molecule has 2 nitrogen and oxygen atoms in total. The number of allylic oxidation sites excluding steroid dienone is 3. The highest BCUT2D eigenvalue weighted by atomic mass is 35.5. The molecule has 0 spiro atoms. The molecule has 0 aliphatic carbocycles. The molecular formula is C14H23ClN2. The minimum absolute atomic E-state index is 0.512. The number of halogens is 1. The third-order valence-corrected chi connectivity index (χ3v) is 3.44. The van der Waals surface area contributed by atoms with E-state index < -0.39 is 0 Å². The van der Waals surface area contributed by atoms with Gasteiger partial charge in [0.2, 0.25) is 0 Å². The lowest BCUT2D eigenvalue weighted by molar-refractivity contribution is 0.252. The lowest BCUT2D eigenvalue weighted by Gasteiger charge is -2.29. The van der Waals surface area contributed by atoms with Crippen LogP contribution in [0.5, 0.6) is 0 Å². The summed E-state index contributed by atoms with van der Waals surface area (Å²) in [6.07, 6.45) is 9.12. The normalized spacial score (nSPS) is 21.4. The Bertz CT molecular complexity index is 310. The van der Waals surface area contributed by atoms with Gasteiger partial charge in [0.1, 0.15) is 0 Å². The van der Waals surface area contributed by atoms with E-state index in [-0.39, 0.29) is 0 Å². The lowest BCUT2D eigenvalue weighted by atomic mass is 9.91. The van der Waals surface area contributed by atoms with Crippen LogP contribution >= 0.6 is 11.6 Å². The minimum atomic E-state index is 0.512. The van der Waals surface area contributed by atoms with Gasteiger partial charge >= 0.3 is 0 Å². The monoisotopic (exact) mass is 254 g/mol. The molecule has 1 aliphatic heterocycles. The fraction of sp³-hybridized carbons (Fsp3) is 0.643. The first-order valence-corrected chi connectivity index (χ1v) is 6.80. The van der Waals surface area contributed by atoms with Crippen LogP contribution in [-0.2, 0) is 0 Å². The van der Waals surface area contributed by atoms with Crippen molar-refractivity contribution in [2.24, 2.45) is 10.9 Å². The third kappa shape index (κ3) is 4.64. The number of likely N-dealkylation sites (tertiary alicyclic amines) is 1. The average Bonchev–Trinajstić information content (AvgIpc) is 2.32. The summed E-state index contributed by atoms with van der Waals surface area (Å²) in [5, 5.41) is 0.833. The first-order chi connectivity index (χ1) is 8.19. The second-order valence-electron chi connectivity index (χ2n) is 4.53. The summed E-state index contributed by atoms with van der Waals surface area (Å²) >= 11 is 6.34. The number of piperidine rings is 1. The standard InChI is InChI=1S/C14H23ClN2/c1-4-6-13(15)14(16-9-5-2)12-7-10-17(3)11-8-12/h5-6,9,12H,4,7-8,10-11H2,1-3H3/b9-5-,13-6-,16-14+. The highest BCUT2D eigenvalue weighted by Crippen LogP contribution is 2.24. The summed E-state index contributed by atoms with van der Waals surface area (Å²) in [5.74, 6) is 0.512. The van der Waals surface area contributed by atoms with Crippen LogP contribution < -0.4 is 0 Å². The summed E-state index contributed by atoms with van der Waals surface area (Å²) in [6.45, 7) is 6.35. The molecule has 0 aromatic carbocycles. The summed E-state index contributed by atoms with van der Waals surface area (Å²) in [5.41, 5.74) is 1.07. The van der Waals surface area contributed by atoms with Crippen molar-refractivity contribution >= 4 is 17.3 Å². The van der Waals surface area contributed by atoms with E-state index in [2.05, 4.69) is 29.9 Å². The Morgan fingerprint density at radius 2 is 2.06 bits per heavy atom. The number of hydrogen-bond donors (Lipinski definition) is 0. The van der Waals surface area contributed by atoms with Crippen molar-refractivity contribution in [3.8, 4) is 0 Å². The zero-order valence-electron chi connectivity index (χ0n) is 11.1. The second kappa shape index (κ2) is 7.67. The molecule has 1 heterocycles. The van der Waals surface area contributed by atoms with Crippen molar-refractivity contribution in [2.45, 2.75) is 33.1 Å². The van der Waals surface area contributed by atoms with E-state index in [4.69, 9.17) is 11.6 Å². The molecular weight excluding hydrogens is 232 g/mol. The van der Waals surface area contributed by atoms with Gasteiger partial charge in [-0.25, -0.2) is 0 Å². The molecule has 1 rings (SSSR count). The first-order valence-electron chi connectivity index (χ1n) is 6.42. The van der Waals surface area contributed by atoms with Gasteiger partial charge in [-0.3, -0.25) is 4.99 Å². The Labute approximate surface area is 110 Å². The predicted molar refractivity (Wildman–Crippen MR) is 76.7 cm³/mol. The molecule has 0 bridgehead atoms. The maximum absolute atomic E-state index is 6.34. The maximum Gasteiger partial charge on any atom is 0.0617 e. The van der Waals surface area contributed by atoms with Gasteiger partial charge in [-0.2, -0.15) is 0 Å². The molecule has 17 heavy (non-hydrogen) atoms. The first kappa shape index (κ1) is 14.5. The molecule has 0 aromatic heterocycles. The predicted octanol–water partition coefficient (Wildman–Crippen LogP) is 3.84. The van der Waals surface area contributed by atoms with E-state index in [1.165, 1.54) is 0 Å². The third-order valence-electron chi connectivity index (χ3n) is 3.10. The van der Waals surface area contributed by atoms with Crippen molar-refractivity contribution in [3.63, 3.8) is 0 Å². The summed E-state index contributed by atoms with van der Waals surface area (Å²) in [6, 6.07) is 0. The molecule has 0 saturated carbocycles. The molecule has 0 unspecified atom stereocenters. The second-order valence-corrected chi connectivity index (χ2v) is 4.94. The van der Waals surface area contributed by atoms with E-state index >= 15 is 0 Å². The molecule has 0 atom stereocenters. The van der Waals surface area contributed by atoms with E-state index in [9.17, 15) is 0 Å². The molecule has 1 aliphatic rings. The highest BCUT2D eigenvalue weighted by Gasteiger charge is 2.22. The van der Waals surface area contributed by atoms with Crippen LogP contribution in [0.2, 0.25) is 0 Å². The smallest absolute Gasteiger partial charge is 0.0617 e. The van der Waals surface area contributed by atoms with Gasteiger partial charge in [0.15, 0.2) is 0 Å². The van der Waals surface area contributed by atoms with Gasteiger partial charge in [-0.15, -0.1) is 0 Å². The molecule has 3 heteroatoms. The van der Waals surface area contributed by atoms with Gasteiger partial charge in [0, 0.05) is 12.1 Å². The summed E-state index contributed by atoms with van der Waals surface area (Å²) in [7, 11) is 2.17. The Morgan fingerprint density at radius 1 is 1.41 bits per heavy atom. The van der Waals surface area contributed by atoms with E-state index in [1.54, 1.807) is 0 Å². The molecule has 1 saturated heterocycles. The molecule has 96 valence electrons. The number of rotatable bonds is 4. The van der Waals surface area contributed by atoms with Crippen molar-refractivity contribution < 1.29 is 0 Å². The Balaban J connectivity index is 2.80. The summed E-state index contributed by atoms with van der Waals surface area (Å²) < 4.78 is 0. The maximum atomic E-state index is 6.34. The van der Waals surface area contributed by atoms with Crippen molar-refractivity contribution in [2.75, 3.05) is 20.1 Å². The van der Waals surface area contributed by atoms with Gasteiger partial charge in [-0.05, 0) is 46.3 Å². The Morgan fingerprint density at radius 3 is 2.59 bits per heavy atom. The average molecular weight is 255 g/mol. The van der Waals surface area contributed by atoms with Gasteiger partial charge < -0.3 is 4.90 Å².